The van der Waals surface area contributed by atoms with E-state index in [1.54, 1.807) is 4.90 Å². The van der Waals surface area contributed by atoms with Gasteiger partial charge in [0.15, 0.2) is 0 Å². The van der Waals surface area contributed by atoms with Gasteiger partial charge in [-0.25, -0.2) is 4.79 Å². The molecule has 11 heteroatoms. The number of halogens is 3. The first-order valence-electron chi connectivity index (χ1n) is 12.1. The average molecular weight is 557 g/mol. The zero-order chi connectivity index (χ0) is 27.8. The van der Waals surface area contributed by atoms with Crippen molar-refractivity contribution in [2.75, 3.05) is 25.0 Å². The number of rotatable bonds is 7. The molecule has 0 bridgehead atoms. The Labute approximate surface area is 226 Å². The lowest BCUT2D eigenvalue weighted by Gasteiger charge is -2.37. The highest BCUT2D eigenvalue weighted by Gasteiger charge is 2.49. The van der Waals surface area contributed by atoms with Crippen LogP contribution >= 0.6 is 24.0 Å². The van der Waals surface area contributed by atoms with E-state index in [2.05, 4.69) is 31.0 Å². The van der Waals surface area contributed by atoms with Gasteiger partial charge in [0.25, 0.3) is 0 Å². The lowest BCUT2D eigenvalue weighted by molar-refractivity contribution is -0.137. The Kier molecular flexibility index (Phi) is 11.2. The molecule has 0 radical (unpaired) electrons. The van der Waals surface area contributed by atoms with Crippen molar-refractivity contribution in [1.29, 1.82) is 0 Å². The van der Waals surface area contributed by atoms with Gasteiger partial charge in [0.1, 0.15) is 10.5 Å². The van der Waals surface area contributed by atoms with Crippen molar-refractivity contribution in [2.24, 2.45) is 0 Å². The molecule has 2 amide bonds. The highest BCUT2D eigenvalue weighted by molar-refractivity contribution is 8.24. The van der Waals surface area contributed by atoms with Gasteiger partial charge in [-0.2, -0.15) is 18.2 Å². The quantitative estimate of drug-likeness (QED) is 0.219. The Morgan fingerprint density at radius 2 is 1.68 bits per heavy atom. The number of carbonyl (C=O) groups excluding carboxylic acids is 1. The highest BCUT2D eigenvalue weighted by atomic mass is 32.2. The summed E-state index contributed by atoms with van der Waals surface area (Å²) in [6.45, 7) is 14.2. The van der Waals surface area contributed by atoms with Crippen LogP contribution in [0.4, 0.5) is 23.7 Å². The second-order valence-corrected chi connectivity index (χ2v) is 11.2. The number of anilines is 1. The predicted octanol–water partition coefficient (Wildman–Crippen LogP) is 6.92. The summed E-state index contributed by atoms with van der Waals surface area (Å²) < 4.78 is 38.6. The van der Waals surface area contributed by atoms with Crippen molar-refractivity contribution in [2.45, 2.75) is 58.3 Å². The standard InChI is InChI=1S/C20H20F3N3O2S2.C6H15N/c1-19(2)16(25(18(29)30-19)12-13-7-4-3-5-8-13)26(28)17(27)24-15-10-6-9-14(11-15)20(21,22)23;1-4-7(5-2)6-3/h3-11,16,28H,12H2,1-2H3,(H,24,27);4-6H2,1-3H3. The van der Waals surface area contributed by atoms with Crippen LogP contribution in [0.2, 0.25) is 0 Å². The van der Waals surface area contributed by atoms with E-state index >= 15 is 0 Å². The number of alkyl halides is 3. The first-order chi connectivity index (χ1) is 17.3. The van der Waals surface area contributed by atoms with Gasteiger partial charge in [0.05, 0.1) is 10.3 Å². The molecule has 1 fully saturated rings. The van der Waals surface area contributed by atoms with E-state index in [1.807, 2.05) is 44.2 Å². The lowest BCUT2D eigenvalue weighted by Crippen LogP contribution is -2.55. The molecule has 204 valence electrons. The second-order valence-electron chi connectivity index (χ2n) is 8.93. The molecule has 0 aliphatic carbocycles. The fourth-order valence-corrected chi connectivity index (χ4v) is 5.78. The van der Waals surface area contributed by atoms with Crippen molar-refractivity contribution in [3.05, 3.63) is 65.7 Å². The molecule has 0 aromatic heterocycles. The third-order valence-electron chi connectivity index (χ3n) is 5.92. The summed E-state index contributed by atoms with van der Waals surface area (Å²) in [7, 11) is 0. The van der Waals surface area contributed by atoms with Gasteiger partial charge in [-0.3, -0.25) is 5.21 Å². The number of hydroxylamine groups is 2. The number of nitrogens with zero attached hydrogens (tertiary/aromatic N) is 3. The molecule has 0 spiro atoms. The summed E-state index contributed by atoms with van der Waals surface area (Å²) in [5, 5.41) is 13.5. The fraction of sp³-hybridized carbons (Fsp3) is 0.462. The third kappa shape index (κ3) is 8.59. The number of thioether (sulfide) groups is 1. The Morgan fingerprint density at radius 3 is 2.19 bits per heavy atom. The summed E-state index contributed by atoms with van der Waals surface area (Å²) in [6.07, 6.45) is -5.36. The van der Waals surface area contributed by atoms with Crippen molar-refractivity contribution >= 4 is 40.0 Å². The van der Waals surface area contributed by atoms with Gasteiger partial charge in [-0.1, -0.05) is 81.1 Å². The van der Waals surface area contributed by atoms with Crippen LogP contribution in [0.1, 0.15) is 45.7 Å². The largest absolute Gasteiger partial charge is 0.416 e. The monoisotopic (exact) mass is 556 g/mol. The van der Waals surface area contributed by atoms with Gasteiger partial charge in [0, 0.05) is 12.2 Å². The van der Waals surface area contributed by atoms with Crippen molar-refractivity contribution in [1.82, 2.24) is 14.9 Å². The van der Waals surface area contributed by atoms with Crippen LogP contribution in [0, 0.1) is 0 Å². The summed E-state index contributed by atoms with van der Waals surface area (Å²) in [4.78, 5) is 16.8. The molecule has 1 aliphatic heterocycles. The number of thiocarbonyl (C=S) groups is 1. The van der Waals surface area contributed by atoms with Gasteiger partial charge in [-0.05, 0) is 57.2 Å². The first kappa shape index (κ1) is 30.9. The summed E-state index contributed by atoms with van der Waals surface area (Å²) in [5.74, 6) is 0. The van der Waals surface area contributed by atoms with Gasteiger partial charge < -0.3 is 15.1 Å². The molecule has 2 N–H and O–H groups in total. The summed E-state index contributed by atoms with van der Waals surface area (Å²) in [5.41, 5.74) is -0.0298. The van der Waals surface area contributed by atoms with E-state index < -0.39 is 28.7 Å². The van der Waals surface area contributed by atoms with E-state index in [4.69, 9.17) is 12.2 Å². The minimum absolute atomic E-state index is 0.0745. The van der Waals surface area contributed by atoms with Crippen molar-refractivity contribution in [3.8, 4) is 0 Å². The van der Waals surface area contributed by atoms with E-state index in [0.29, 0.717) is 15.9 Å². The van der Waals surface area contributed by atoms with Crippen LogP contribution < -0.4 is 5.32 Å². The van der Waals surface area contributed by atoms with Crippen LogP contribution in [0.3, 0.4) is 0 Å². The number of hydrogen-bond acceptors (Lipinski definition) is 5. The van der Waals surface area contributed by atoms with Gasteiger partial charge in [-0.15, -0.1) is 0 Å². The molecule has 1 aliphatic rings. The Balaban J connectivity index is 0.000000604. The van der Waals surface area contributed by atoms with E-state index in [9.17, 15) is 23.2 Å². The summed E-state index contributed by atoms with van der Waals surface area (Å²) >= 11 is 6.80. The number of carbonyl (C=O) groups is 1. The topological polar surface area (TPSA) is 59.1 Å². The molecule has 1 atom stereocenters. The van der Waals surface area contributed by atoms with E-state index in [0.717, 1.165) is 17.7 Å². The second kappa shape index (κ2) is 13.5. The Bertz CT molecular complexity index is 1030. The zero-order valence-corrected chi connectivity index (χ0v) is 23.4. The van der Waals surface area contributed by atoms with Crippen LogP contribution in [0.5, 0.6) is 0 Å². The number of amides is 2. The molecule has 0 saturated carbocycles. The molecule has 1 saturated heterocycles. The molecular weight excluding hydrogens is 521 g/mol. The maximum absolute atomic E-state index is 12.9. The SMILES string of the molecule is CC1(C)SC(=S)N(Cc2ccccc2)C1N(O)C(=O)Nc1cccc(C(F)(F)F)c1.CCN(CC)CC. The summed E-state index contributed by atoms with van der Waals surface area (Å²) in [6, 6.07) is 12.7. The van der Waals surface area contributed by atoms with Crippen molar-refractivity contribution < 1.29 is 23.2 Å². The third-order valence-corrected chi connectivity index (χ3v) is 7.55. The minimum Gasteiger partial charge on any atom is -0.329 e. The molecular formula is C26H35F3N4O2S2. The van der Waals surface area contributed by atoms with Crippen LogP contribution in [0.15, 0.2) is 54.6 Å². The van der Waals surface area contributed by atoms with Gasteiger partial charge in [0.2, 0.25) is 0 Å². The molecule has 2 aromatic carbocycles. The van der Waals surface area contributed by atoms with E-state index in [1.165, 1.54) is 43.5 Å². The number of nitrogens with one attached hydrogen (secondary N) is 1. The first-order valence-corrected chi connectivity index (χ1v) is 13.3. The lowest BCUT2D eigenvalue weighted by atomic mass is 10.1. The van der Waals surface area contributed by atoms with Crippen LogP contribution in [0.25, 0.3) is 0 Å². The average Bonchev–Trinajstić information content (AvgIpc) is 3.07. The maximum atomic E-state index is 12.9. The van der Waals surface area contributed by atoms with E-state index in [-0.39, 0.29) is 5.69 Å². The minimum atomic E-state index is -4.54. The molecule has 3 rings (SSSR count). The fourth-order valence-electron chi connectivity index (χ4n) is 3.91. The van der Waals surface area contributed by atoms with Gasteiger partial charge >= 0.3 is 12.2 Å². The molecule has 2 aromatic rings. The van der Waals surface area contributed by atoms with Crippen LogP contribution in [-0.4, -0.2) is 61.0 Å². The molecule has 1 unspecified atom stereocenters. The van der Waals surface area contributed by atoms with Crippen LogP contribution in [-0.2, 0) is 12.7 Å². The number of urea groups is 1. The van der Waals surface area contributed by atoms with Crippen molar-refractivity contribution in [3.63, 3.8) is 0 Å². The molecule has 1 heterocycles. The number of benzene rings is 2. The normalized spacial score (nSPS) is 16.9. The predicted molar refractivity (Wildman–Crippen MR) is 148 cm³/mol. The smallest absolute Gasteiger partial charge is 0.329 e. The maximum Gasteiger partial charge on any atom is 0.416 e. The molecule has 6 nitrogen and oxygen atoms in total. The number of hydrogen-bond donors (Lipinski definition) is 2. The Morgan fingerprint density at radius 1 is 1.08 bits per heavy atom. The molecule has 37 heavy (non-hydrogen) atoms. The highest BCUT2D eigenvalue weighted by Crippen LogP contribution is 2.43. The zero-order valence-electron chi connectivity index (χ0n) is 21.7. The Hall–Kier alpha value is -2.34.